The quantitative estimate of drug-likeness (QED) is 0.288. The van der Waals surface area contributed by atoms with Crippen molar-refractivity contribution in [2.45, 2.75) is 57.7 Å². The maximum Gasteiger partial charge on any atom is 0.249 e. The highest BCUT2D eigenvalue weighted by atomic mass is 16.5. The summed E-state index contributed by atoms with van der Waals surface area (Å²) in [4.78, 5) is 29.8. The molecule has 1 fully saturated rings. The number of anilines is 1. The molecule has 10 nitrogen and oxygen atoms in total. The Labute approximate surface area is 238 Å². The summed E-state index contributed by atoms with van der Waals surface area (Å²) in [6, 6.07) is 18.2. The van der Waals surface area contributed by atoms with E-state index in [1.165, 1.54) is 22.8 Å². The Morgan fingerprint density at radius 2 is 1.83 bits per heavy atom. The van der Waals surface area contributed by atoms with Gasteiger partial charge in [0.1, 0.15) is 23.9 Å². The number of fused-ring (bicyclic) bond motifs is 1. The summed E-state index contributed by atoms with van der Waals surface area (Å²) in [6.45, 7) is 2.25. The molecule has 2 amide bonds. The number of aromatic hydroxyl groups is 1. The molecule has 0 radical (unpaired) electrons. The number of phenolic OH excluding ortho intramolecular Hbond substituents is 1. The molecule has 1 saturated carbocycles. The minimum Gasteiger partial charge on any atom is -0.504 e. The highest BCUT2D eigenvalue weighted by molar-refractivity contribution is 6.01. The summed E-state index contributed by atoms with van der Waals surface area (Å²) in [6.07, 6.45) is 4.99. The Morgan fingerprint density at radius 3 is 2.54 bits per heavy atom. The number of nitrogens with zero attached hydrogens (tertiary/aromatic N) is 4. The molecule has 214 valence electrons. The number of hydrogen-bond acceptors (Lipinski definition) is 7. The molecule has 1 atom stereocenters. The predicted octanol–water partition coefficient (Wildman–Crippen LogP) is 4.77. The monoisotopic (exact) mass is 557 g/mol. The van der Waals surface area contributed by atoms with E-state index in [-0.39, 0.29) is 35.9 Å². The number of nitrogens with one attached hydrogen (secondary N) is 1. The van der Waals surface area contributed by atoms with Crippen molar-refractivity contribution in [3.63, 3.8) is 0 Å². The predicted molar refractivity (Wildman–Crippen MR) is 155 cm³/mol. The summed E-state index contributed by atoms with van der Waals surface area (Å²) < 4.78 is 12.4. The summed E-state index contributed by atoms with van der Waals surface area (Å²) in [7, 11) is 1.46. The van der Waals surface area contributed by atoms with Crippen LogP contribution in [0.3, 0.4) is 0 Å². The van der Waals surface area contributed by atoms with Crippen molar-refractivity contribution < 1.29 is 24.2 Å². The van der Waals surface area contributed by atoms with Crippen molar-refractivity contribution >= 4 is 28.5 Å². The van der Waals surface area contributed by atoms with Crippen LogP contribution in [0.5, 0.6) is 17.2 Å². The van der Waals surface area contributed by atoms with Gasteiger partial charge in [-0.2, -0.15) is 0 Å². The first-order valence-electron chi connectivity index (χ1n) is 14.0. The Kier molecular flexibility index (Phi) is 8.67. The lowest BCUT2D eigenvalue weighted by Crippen LogP contribution is -2.48. The number of carbonyl (C=O) groups excluding carboxylic acids is 2. The van der Waals surface area contributed by atoms with Gasteiger partial charge in [-0.25, -0.2) is 4.68 Å². The Morgan fingerprint density at radius 1 is 1.07 bits per heavy atom. The molecule has 3 aromatic carbocycles. The molecule has 1 unspecified atom stereocenters. The fourth-order valence-corrected chi connectivity index (χ4v) is 5.37. The van der Waals surface area contributed by atoms with E-state index in [2.05, 4.69) is 15.6 Å². The van der Waals surface area contributed by atoms with E-state index in [9.17, 15) is 14.7 Å². The maximum atomic E-state index is 14.2. The molecule has 2 N–H and O–H groups in total. The van der Waals surface area contributed by atoms with Crippen molar-refractivity contribution in [1.82, 2.24) is 20.3 Å². The van der Waals surface area contributed by atoms with E-state index >= 15 is 0 Å². The average molecular weight is 558 g/mol. The van der Waals surface area contributed by atoms with E-state index in [0.29, 0.717) is 34.6 Å². The molecule has 0 bridgehead atoms. The first kappa shape index (κ1) is 27.9. The van der Waals surface area contributed by atoms with E-state index in [1.807, 2.05) is 31.2 Å². The van der Waals surface area contributed by atoms with Crippen molar-refractivity contribution in [3.8, 4) is 17.2 Å². The summed E-state index contributed by atoms with van der Waals surface area (Å²) in [5.74, 6) is 0.0994. The van der Waals surface area contributed by atoms with Gasteiger partial charge >= 0.3 is 0 Å². The molecular weight excluding hydrogens is 522 g/mol. The lowest BCUT2D eigenvalue weighted by molar-refractivity contribution is -0.127. The van der Waals surface area contributed by atoms with Crippen LogP contribution in [0.1, 0.15) is 50.6 Å². The standard InChI is InChI=1S/C31H35N5O5/c1-3-41-24-16-14-23(15-17-24)36(29(38)20-35-26-12-8-7-11-25(26)33-34-35)30(21-13-18-28(40-2)27(37)19-21)31(39)32-22-9-5-4-6-10-22/h7-8,11-19,22,30,37H,3-6,9-10,20H2,1-2H3,(H,32,39). The van der Waals surface area contributed by atoms with Crippen LogP contribution in [-0.2, 0) is 16.1 Å². The lowest BCUT2D eigenvalue weighted by Gasteiger charge is -2.33. The molecule has 1 aliphatic carbocycles. The third-order valence-corrected chi connectivity index (χ3v) is 7.38. The molecule has 0 saturated heterocycles. The molecule has 5 rings (SSSR count). The first-order chi connectivity index (χ1) is 20.0. The molecule has 0 aliphatic heterocycles. The molecule has 41 heavy (non-hydrogen) atoms. The minimum atomic E-state index is -1.08. The number of phenols is 1. The number of carbonyl (C=O) groups is 2. The molecular formula is C31H35N5O5. The van der Waals surface area contributed by atoms with Gasteiger partial charge in [-0.1, -0.05) is 42.7 Å². The summed E-state index contributed by atoms with van der Waals surface area (Å²) >= 11 is 0. The average Bonchev–Trinajstić information content (AvgIpc) is 3.39. The minimum absolute atomic E-state index is 0.0159. The number of amides is 2. The largest absolute Gasteiger partial charge is 0.504 e. The van der Waals surface area contributed by atoms with Gasteiger partial charge in [0.15, 0.2) is 11.5 Å². The number of benzene rings is 3. The van der Waals surface area contributed by atoms with Crippen LogP contribution in [0.25, 0.3) is 11.0 Å². The molecule has 10 heteroatoms. The zero-order valence-corrected chi connectivity index (χ0v) is 23.3. The number of rotatable bonds is 10. The van der Waals surface area contributed by atoms with Crippen LogP contribution in [0, 0.1) is 0 Å². The third-order valence-electron chi connectivity index (χ3n) is 7.38. The van der Waals surface area contributed by atoms with Crippen LogP contribution in [0.2, 0.25) is 0 Å². The van der Waals surface area contributed by atoms with Crippen LogP contribution >= 0.6 is 0 Å². The summed E-state index contributed by atoms with van der Waals surface area (Å²) in [5.41, 5.74) is 2.32. The van der Waals surface area contributed by atoms with Gasteiger partial charge in [0.05, 0.1) is 19.2 Å². The number of hydrogen-bond donors (Lipinski definition) is 2. The Balaban J connectivity index is 1.58. The second kappa shape index (κ2) is 12.7. The van der Waals surface area contributed by atoms with Crippen molar-refractivity contribution in [3.05, 3.63) is 72.3 Å². The van der Waals surface area contributed by atoms with E-state index in [0.717, 1.165) is 32.1 Å². The van der Waals surface area contributed by atoms with Crippen LogP contribution < -0.4 is 19.7 Å². The van der Waals surface area contributed by atoms with Gasteiger partial charge in [-0.3, -0.25) is 14.5 Å². The summed E-state index contributed by atoms with van der Waals surface area (Å²) in [5, 5.41) is 22.2. The van der Waals surface area contributed by atoms with Gasteiger partial charge in [0.25, 0.3) is 0 Å². The van der Waals surface area contributed by atoms with Crippen LogP contribution in [0.15, 0.2) is 66.7 Å². The fraction of sp³-hybridized carbons (Fsp3) is 0.355. The van der Waals surface area contributed by atoms with Gasteiger partial charge in [-0.05, 0) is 73.9 Å². The molecule has 1 aromatic heterocycles. The first-order valence-corrected chi connectivity index (χ1v) is 14.0. The van der Waals surface area contributed by atoms with Crippen LogP contribution in [-0.4, -0.2) is 51.7 Å². The highest BCUT2D eigenvalue weighted by Gasteiger charge is 2.35. The number of aromatic nitrogens is 3. The Bertz CT molecular complexity index is 1500. The van der Waals surface area contributed by atoms with E-state index in [1.54, 1.807) is 36.4 Å². The maximum absolute atomic E-state index is 14.2. The second-order valence-electron chi connectivity index (χ2n) is 10.1. The van der Waals surface area contributed by atoms with Gasteiger partial charge < -0.3 is 19.9 Å². The molecule has 1 heterocycles. The number of methoxy groups -OCH3 is 1. The second-order valence-corrected chi connectivity index (χ2v) is 10.1. The van der Waals surface area contributed by atoms with Crippen molar-refractivity contribution in [1.29, 1.82) is 0 Å². The molecule has 1 aliphatic rings. The molecule has 4 aromatic rings. The molecule has 0 spiro atoms. The van der Waals surface area contributed by atoms with E-state index in [4.69, 9.17) is 9.47 Å². The fourth-order valence-electron chi connectivity index (χ4n) is 5.37. The van der Waals surface area contributed by atoms with E-state index < -0.39 is 6.04 Å². The number of para-hydroxylation sites is 1. The lowest BCUT2D eigenvalue weighted by atomic mass is 9.94. The Hall–Kier alpha value is -4.60. The third kappa shape index (κ3) is 6.26. The number of ether oxygens (including phenoxy) is 2. The van der Waals surface area contributed by atoms with Crippen LogP contribution in [0.4, 0.5) is 5.69 Å². The zero-order valence-electron chi connectivity index (χ0n) is 23.3. The zero-order chi connectivity index (χ0) is 28.8. The van der Waals surface area contributed by atoms with Gasteiger partial charge in [-0.15, -0.1) is 5.10 Å². The highest BCUT2D eigenvalue weighted by Crippen LogP contribution is 2.35. The van der Waals surface area contributed by atoms with Gasteiger partial charge in [0.2, 0.25) is 11.8 Å². The van der Waals surface area contributed by atoms with Crippen molar-refractivity contribution in [2.75, 3.05) is 18.6 Å². The smallest absolute Gasteiger partial charge is 0.249 e. The topological polar surface area (TPSA) is 119 Å². The van der Waals surface area contributed by atoms with Crippen molar-refractivity contribution in [2.24, 2.45) is 0 Å². The van der Waals surface area contributed by atoms with Gasteiger partial charge in [0, 0.05) is 11.7 Å². The SMILES string of the molecule is CCOc1ccc(N(C(=O)Cn2nnc3ccccc32)C(C(=O)NC2CCCCC2)c2ccc(OC)c(O)c2)cc1. The normalized spacial score (nSPS) is 14.4.